The van der Waals surface area contributed by atoms with Crippen LogP contribution in [0.4, 0.5) is 5.69 Å². The molecule has 0 aliphatic carbocycles. The van der Waals surface area contributed by atoms with Crippen LogP contribution in [-0.2, 0) is 0 Å². The van der Waals surface area contributed by atoms with E-state index in [4.69, 9.17) is 10.9 Å². The molecule has 4 N–H and O–H groups in total. The zero-order chi connectivity index (χ0) is 14.5. The molecule has 1 aromatic rings. The van der Waals surface area contributed by atoms with E-state index in [1.54, 1.807) is 0 Å². The van der Waals surface area contributed by atoms with Gasteiger partial charge >= 0.3 is 0 Å². The van der Waals surface area contributed by atoms with E-state index in [1.165, 1.54) is 6.42 Å². The van der Waals surface area contributed by atoms with Gasteiger partial charge in [0.1, 0.15) is 0 Å². The van der Waals surface area contributed by atoms with E-state index in [0.717, 1.165) is 36.0 Å². The van der Waals surface area contributed by atoms with E-state index in [1.807, 2.05) is 18.2 Å². The zero-order valence-corrected chi connectivity index (χ0v) is 12.9. The summed E-state index contributed by atoms with van der Waals surface area (Å²) in [5.74, 6) is 0.0998. The van der Waals surface area contributed by atoms with Crippen LogP contribution < -0.4 is 10.6 Å². The predicted molar refractivity (Wildman–Crippen MR) is 83.3 cm³/mol. The van der Waals surface area contributed by atoms with Gasteiger partial charge < -0.3 is 20.9 Å². The Kier molecular flexibility index (Phi) is 5.25. The molecular weight excluding hydrogens is 322 g/mol. The van der Waals surface area contributed by atoms with E-state index in [2.05, 4.69) is 26.0 Å². The van der Waals surface area contributed by atoms with Gasteiger partial charge in [0.2, 0.25) is 0 Å². The number of amidine groups is 1. The topological polar surface area (TPSA) is 82.1 Å². The largest absolute Gasteiger partial charge is 0.409 e. The first-order valence-electron chi connectivity index (χ1n) is 6.82. The lowest BCUT2D eigenvalue weighted by Gasteiger charge is -2.38. The summed E-state index contributed by atoms with van der Waals surface area (Å²) in [4.78, 5) is 2.33. The molecule has 0 spiro atoms. The summed E-state index contributed by atoms with van der Waals surface area (Å²) in [5.41, 5.74) is 7.37. The van der Waals surface area contributed by atoms with Crippen molar-refractivity contribution >= 4 is 27.5 Å². The maximum absolute atomic E-state index is 9.20. The first kappa shape index (κ1) is 15.1. The van der Waals surface area contributed by atoms with E-state index < -0.39 is 0 Å². The molecular formula is C14H20BrN3O2. The van der Waals surface area contributed by atoms with Gasteiger partial charge in [0.25, 0.3) is 0 Å². The number of benzene rings is 1. The third kappa shape index (κ3) is 3.24. The molecule has 110 valence electrons. The monoisotopic (exact) mass is 341 g/mol. The highest BCUT2D eigenvalue weighted by molar-refractivity contribution is 9.10. The predicted octanol–water partition coefficient (Wildman–Crippen LogP) is 2.28. The van der Waals surface area contributed by atoms with Gasteiger partial charge in [-0.25, -0.2) is 0 Å². The van der Waals surface area contributed by atoms with Gasteiger partial charge in [0.05, 0.1) is 5.69 Å². The number of anilines is 1. The number of piperidine rings is 1. The fourth-order valence-corrected chi connectivity index (χ4v) is 3.33. The van der Waals surface area contributed by atoms with Crippen LogP contribution in [-0.4, -0.2) is 35.3 Å². The molecule has 1 aliphatic heterocycles. The molecule has 1 fully saturated rings. The standard InChI is InChI=1S/C14H20BrN3O2/c15-12-9-10(14(16)17-20)4-5-13(12)18-7-2-1-3-11(18)6-8-19/h4-5,9,11,19-20H,1-3,6-8H2,(H2,16,17). The summed E-state index contributed by atoms with van der Waals surface area (Å²) in [7, 11) is 0. The molecule has 1 unspecified atom stereocenters. The molecule has 2 rings (SSSR count). The molecule has 0 saturated carbocycles. The number of halogens is 1. The fraction of sp³-hybridized carbons (Fsp3) is 0.500. The van der Waals surface area contributed by atoms with Crippen LogP contribution in [0, 0.1) is 0 Å². The number of hydrogen-bond donors (Lipinski definition) is 3. The average Bonchev–Trinajstić information content (AvgIpc) is 2.47. The van der Waals surface area contributed by atoms with Crippen LogP contribution in [0.1, 0.15) is 31.2 Å². The third-order valence-electron chi connectivity index (χ3n) is 3.75. The second-order valence-corrected chi connectivity index (χ2v) is 5.86. The van der Waals surface area contributed by atoms with Crippen molar-refractivity contribution < 1.29 is 10.3 Å². The Morgan fingerprint density at radius 1 is 1.45 bits per heavy atom. The van der Waals surface area contributed by atoms with Gasteiger partial charge in [-0.1, -0.05) is 5.16 Å². The number of oxime groups is 1. The van der Waals surface area contributed by atoms with Crippen LogP contribution >= 0.6 is 15.9 Å². The minimum Gasteiger partial charge on any atom is -0.409 e. The Morgan fingerprint density at radius 2 is 2.25 bits per heavy atom. The van der Waals surface area contributed by atoms with Gasteiger partial charge in [-0.05, 0) is 59.8 Å². The van der Waals surface area contributed by atoms with Gasteiger partial charge in [-0.2, -0.15) is 0 Å². The maximum Gasteiger partial charge on any atom is 0.170 e. The van der Waals surface area contributed by atoms with Crippen molar-refractivity contribution in [1.29, 1.82) is 0 Å². The van der Waals surface area contributed by atoms with E-state index in [-0.39, 0.29) is 12.4 Å². The maximum atomic E-state index is 9.20. The Morgan fingerprint density at radius 3 is 2.90 bits per heavy atom. The smallest absolute Gasteiger partial charge is 0.170 e. The van der Waals surface area contributed by atoms with Crippen molar-refractivity contribution in [3.05, 3.63) is 28.2 Å². The molecule has 1 aromatic carbocycles. The quantitative estimate of drug-likeness (QED) is 0.339. The van der Waals surface area contributed by atoms with Gasteiger partial charge in [0.15, 0.2) is 5.84 Å². The summed E-state index contributed by atoms with van der Waals surface area (Å²) >= 11 is 3.56. The number of rotatable bonds is 4. The Labute approximate surface area is 127 Å². The molecule has 1 heterocycles. The molecule has 1 aliphatic rings. The second kappa shape index (κ2) is 6.95. The molecule has 0 bridgehead atoms. The highest BCUT2D eigenvalue weighted by atomic mass is 79.9. The Hall–Kier alpha value is -1.27. The number of nitrogens with two attached hydrogens (primary N) is 1. The van der Waals surface area contributed by atoms with Crippen LogP contribution in [0.3, 0.4) is 0 Å². The Bertz CT molecular complexity index is 491. The number of aliphatic hydroxyl groups is 1. The van der Waals surface area contributed by atoms with E-state index in [0.29, 0.717) is 11.6 Å². The van der Waals surface area contributed by atoms with Crippen LogP contribution in [0.15, 0.2) is 27.8 Å². The van der Waals surface area contributed by atoms with Crippen molar-refractivity contribution in [2.45, 2.75) is 31.7 Å². The van der Waals surface area contributed by atoms with Crippen molar-refractivity contribution in [3.63, 3.8) is 0 Å². The van der Waals surface area contributed by atoms with Crippen LogP contribution in [0.2, 0.25) is 0 Å². The minimum absolute atomic E-state index is 0.0998. The van der Waals surface area contributed by atoms with E-state index in [9.17, 15) is 5.11 Å². The van der Waals surface area contributed by atoms with Gasteiger partial charge in [-0.15, -0.1) is 0 Å². The Balaban J connectivity index is 2.27. The second-order valence-electron chi connectivity index (χ2n) is 5.01. The highest BCUT2D eigenvalue weighted by Crippen LogP contribution is 2.33. The molecule has 5 nitrogen and oxygen atoms in total. The lowest BCUT2D eigenvalue weighted by molar-refractivity contribution is 0.262. The van der Waals surface area contributed by atoms with Crippen molar-refractivity contribution in [2.24, 2.45) is 10.9 Å². The molecule has 1 saturated heterocycles. The molecule has 0 radical (unpaired) electrons. The summed E-state index contributed by atoms with van der Waals surface area (Å²) in [5, 5.41) is 20.9. The summed E-state index contributed by atoms with van der Waals surface area (Å²) < 4.78 is 0.923. The highest BCUT2D eigenvalue weighted by Gasteiger charge is 2.23. The van der Waals surface area contributed by atoms with Crippen molar-refractivity contribution in [1.82, 2.24) is 0 Å². The summed E-state index contributed by atoms with van der Waals surface area (Å²) in [6.45, 7) is 1.20. The van der Waals surface area contributed by atoms with Gasteiger partial charge in [-0.3, -0.25) is 0 Å². The molecule has 1 atom stereocenters. The molecule has 6 heteroatoms. The van der Waals surface area contributed by atoms with Crippen molar-refractivity contribution in [3.8, 4) is 0 Å². The van der Waals surface area contributed by atoms with E-state index >= 15 is 0 Å². The van der Waals surface area contributed by atoms with Crippen LogP contribution in [0.25, 0.3) is 0 Å². The third-order valence-corrected chi connectivity index (χ3v) is 4.39. The molecule has 0 aromatic heterocycles. The SMILES string of the molecule is N/C(=N/O)c1ccc(N2CCCCC2CCO)c(Br)c1. The zero-order valence-electron chi connectivity index (χ0n) is 11.3. The number of nitrogens with zero attached hydrogens (tertiary/aromatic N) is 2. The first-order valence-corrected chi connectivity index (χ1v) is 7.61. The normalized spacial score (nSPS) is 20.2. The fourth-order valence-electron chi connectivity index (χ4n) is 2.72. The molecule has 0 amide bonds. The number of aliphatic hydroxyl groups excluding tert-OH is 1. The minimum atomic E-state index is 0.0998. The molecule has 20 heavy (non-hydrogen) atoms. The number of hydrogen-bond acceptors (Lipinski definition) is 4. The first-order chi connectivity index (χ1) is 9.67. The van der Waals surface area contributed by atoms with Crippen LogP contribution in [0.5, 0.6) is 0 Å². The lowest BCUT2D eigenvalue weighted by atomic mass is 9.98. The summed E-state index contributed by atoms with van der Waals surface area (Å²) in [6, 6.07) is 6.06. The van der Waals surface area contributed by atoms with Gasteiger partial charge in [0, 0.05) is 29.2 Å². The lowest BCUT2D eigenvalue weighted by Crippen LogP contribution is -2.40. The van der Waals surface area contributed by atoms with Crippen molar-refractivity contribution in [2.75, 3.05) is 18.1 Å². The average molecular weight is 342 g/mol. The summed E-state index contributed by atoms with van der Waals surface area (Å²) in [6.07, 6.45) is 4.26.